The first-order chi connectivity index (χ1) is 9.99. The van der Waals surface area contributed by atoms with Crippen LogP contribution in [0, 0.1) is 5.41 Å². The monoisotopic (exact) mass is 348 g/mol. The van der Waals surface area contributed by atoms with Gasteiger partial charge in [-0.1, -0.05) is 6.92 Å². The molecular weight excluding hydrogens is 324 g/mol. The van der Waals surface area contributed by atoms with Crippen LogP contribution in [0.5, 0.6) is 0 Å². The lowest BCUT2D eigenvalue weighted by atomic mass is 9.81. The number of halogens is 1. The lowest BCUT2D eigenvalue weighted by Gasteiger charge is -2.33. The maximum atomic E-state index is 12.4. The quantitative estimate of drug-likeness (QED) is 0.860. The summed E-state index contributed by atoms with van der Waals surface area (Å²) in [6, 6.07) is 0. The number of aryl methyl sites for hydroxylation is 2. The van der Waals surface area contributed by atoms with Crippen LogP contribution in [-0.2, 0) is 23.0 Å². The molecule has 0 radical (unpaired) electrons. The summed E-state index contributed by atoms with van der Waals surface area (Å²) in [7, 11) is -3.49. The van der Waals surface area contributed by atoms with Gasteiger partial charge in [0.25, 0.3) is 10.0 Å². The van der Waals surface area contributed by atoms with E-state index in [1.54, 1.807) is 6.20 Å². The van der Waals surface area contributed by atoms with Crippen LogP contribution in [0.25, 0.3) is 0 Å². The van der Waals surface area contributed by atoms with Gasteiger partial charge in [-0.05, 0) is 44.2 Å². The van der Waals surface area contributed by atoms with Crippen LogP contribution in [0.15, 0.2) is 11.2 Å². The normalized spacial score (nSPS) is 21.0. The van der Waals surface area contributed by atoms with Crippen LogP contribution in [0.2, 0.25) is 0 Å². The Labute approximate surface area is 138 Å². The molecule has 6 nitrogen and oxygen atoms in total. The average Bonchev–Trinajstić information content (AvgIpc) is 2.91. The molecule has 2 aliphatic rings. The van der Waals surface area contributed by atoms with Gasteiger partial charge in [0.15, 0.2) is 5.03 Å². The van der Waals surface area contributed by atoms with Gasteiger partial charge in [-0.25, -0.2) is 18.1 Å². The number of nitrogens with zero attached hydrogens (tertiary/aromatic N) is 2. The second-order valence-corrected chi connectivity index (χ2v) is 8.24. The third-order valence-electron chi connectivity index (χ3n) is 4.66. The second-order valence-electron chi connectivity index (χ2n) is 6.53. The van der Waals surface area contributed by atoms with Crippen molar-refractivity contribution in [3.8, 4) is 0 Å². The summed E-state index contributed by atoms with van der Waals surface area (Å²) in [4.78, 5) is 4.31. The number of aromatic nitrogens is 2. The van der Waals surface area contributed by atoms with E-state index in [9.17, 15) is 8.42 Å². The van der Waals surface area contributed by atoms with Crippen molar-refractivity contribution in [2.75, 3.05) is 19.6 Å². The number of hydrogen-bond donors (Lipinski definition) is 2. The topological polar surface area (TPSA) is 76.0 Å². The third-order valence-corrected chi connectivity index (χ3v) is 5.93. The molecule has 3 rings (SSSR count). The number of nitrogens with one attached hydrogen (secondary N) is 2. The van der Waals surface area contributed by atoms with E-state index in [-0.39, 0.29) is 22.8 Å². The molecule has 1 aromatic heterocycles. The summed E-state index contributed by atoms with van der Waals surface area (Å²) in [6.07, 6.45) is 6.74. The van der Waals surface area contributed by atoms with Crippen molar-refractivity contribution in [2.45, 2.75) is 50.6 Å². The third kappa shape index (κ3) is 3.82. The summed E-state index contributed by atoms with van der Waals surface area (Å²) in [5, 5.41) is 3.49. The highest BCUT2D eigenvalue weighted by molar-refractivity contribution is 7.89. The molecule has 0 aliphatic carbocycles. The molecule has 1 saturated heterocycles. The van der Waals surface area contributed by atoms with Gasteiger partial charge in [0.05, 0.1) is 0 Å². The van der Waals surface area contributed by atoms with Gasteiger partial charge in [0.1, 0.15) is 5.82 Å². The van der Waals surface area contributed by atoms with Crippen molar-refractivity contribution in [1.29, 1.82) is 0 Å². The van der Waals surface area contributed by atoms with Gasteiger partial charge in [-0.15, -0.1) is 12.4 Å². The average molecular weight is 349 g/mol. The van der Waals surface area contributed by atoms with E-state index in [1.165, 1.54) is 0 Å². The SMILES string of the molecule is CC1(CNS(=O)(=O)c2cn3c(n2)CCCC3)CCNCC1.Cl. The maximum absolute atomic E-state index is 12.4. The molecule has 0 unspecified atom stereocenters. The van der Waals surface area contributed by atoms with Gasteiger partial charge < -0.3 is 9.88 Å². The van der Waals surface area contributed by atoms with E-state index in [0.29, 0.717) is 6.54 Å². The molecule has 3 heterocycles. The Hall–Kier alpha value is -0.630. The fourth-order valence-corrected chi connectivity index (χ4v) is 4.24. The van der Waals surface area contributed by atoms with Gasteiger partial charge in [-0.2, -0.15) is 0 Å². The number of sulfonamides is 1. The van der Waals surface area contributed by atoms with E-state index in [0.717, 1.165) is 57.6 Å². The smallest absolute Gasteiger partial charge is 0.259 e. The molecule has 0 atom stereocenters. The van der Waals surface area contributed by atoms with Crippen molar-refractivity contribution in [2.24, 2.45) is 5.41 Å². The van der Waals surface area contributed by atoms with Gasteiger partial charge >= 0.3 is 0 Å². The molecule has 2 N–H and O–H groups in total. The molecular formula is C14H25ClN4O2S. The van der Waals surface area contributed by atoms with E-state index in [2.05, 4.69) is 21.9 Å². The van der Waals surface area contributed by atoms with E-state index >= 15 is 0 Å². The van der Waals surface area contributed by atoms with Gasteiger partial charge in [0.2, 0.25) is 0 Å². The van der Waals surface area contributed by atoms with Crippen LogP contribution in [0.1, 0.15) is 38.4 Å². The first kappa shape index (κ1) is 17.7. The highest BCUT2D eigenvalue weighted by Crippen LogP contribution is 2.27. The molecule has 0 bridgehead atoms. The van der Waals surface area contributed by atoms with E-state index in [4.69, 9.17) is 0 Å². The Morgan fingerprint density at radius 2 is 2.09 bits per heavy atom. The second kappa shape index (κ2) is 6.86. The zero-order valence-corrected chi connectivity index (χ0v) is 14.6. The lowest BCUT2D eigenvalue weighted by Crippen LogP contribution is -2.42. The first-order valence-corrected chi connectivity index (χ1v) is 9.23. The summed E-state index contributed by atoms with van der Waals surface area (Å²) >= 11 is 0. The highest BCUT2D eigenvalue weighted by atomic mass is 35.5. The molecule has 8 heteroatoms. The zero-order valence-electron chi connectivity index (χ0n) is 13.0. The Balaban J connectivity index is 0.00000176. The summed E-state index contributed by atoms with van der Waals surface area (Å²) in [6.45, 7) is 5.42. The van der Waals surface area contributed by atoms with Crippen molar-refractivity contribution in [1.82, 2.24) is 19.6 Å². The van der Waals surface area contributed by atoms with Crippen molar-refractivity contribution in [3.63, 3.8) is 0 Å². The first-order valence-electron chi connectivity index (χ1n) is 7.75. The molecule has 0 aromatic carbocycles. The van der Waals surface area contributed by atoms with Gasteiger partial charge in [-0.3, -0.25) is 0 Å². The number of piperidine rings is 1. The predicted molar refractivity (Wildman–Crippen MR) is 87.8 cm³/mol. The standard InChI is InChI=1S/C14H24N4O2S.ClH/c1-14(5-7-15-8-6-14)11-16-21(19,20)13-10-18-9-3-2-4-12(18)17-13;/h10,15-16H,2-9,11H2,1H3;1H. The molecule has 1 fully saturated rings. The molecule has 0 saturated carbocycles. The molecule has 126 valence electrons. The summed E-state index contributed by atoms with van der Waals surface area (Å²) < 4.78 is 29.6. The van der Waals surface area contributed by atoms with E-state index < -0.39 is 10.0 Å². The molecule has 1 aromatic rings. The Morgan fingerprint density at radius 1 is 1.36 bits per heavy atom. The Morgan fingerprint density at radius 3 is 2.77 bits per heavy atom. The van der Waals surface area contributed by atoms with Gasteiger partial charge in [0, 0.05) is 25.7 Å². The fourth-order valence-electron chi connectivity index (χ4n) is 3.07. The molecule has 2 aliphatic heterocycles. The van der Waals surface area contributed by atoms with Crippen LogP contribution in [-0.4, -0.2) is 37.6 Å². The van der Waals surface area contributed by atoms with E-state index in [1.807, 2.05) is 4.57 Å². The van der Waals surface area contributed by atoms with Crippen LogP contribution in [0.3, 0.4) is 0 Å². The summed E-state index contributed by atoms with van der Waals surface area (Å²) in [5.74, 6) is 0.898. The lowest BCUT2D eigenvalue weighted by molar-refractivity contribution is 0.232. The van der Waals surface area contributed by atoms with Crippen molar-refractivity contribution < 1.29 is 8.42 Å². The van der Waals surface area contributed by atoms with Crippen molar-refractivity contribution >= 4 is 22.4 Å². The maximum Gasteiger partial charge on any atom is 0.259 e. The fraction of sp³-hybridized carbons (Fsp3) is 0.786. The largest absolute Gasteiger partial charge is 0.333 e. The van der Waals surface area contributed by atoms with Crippen molar-refractivity contribution in [3.05, 3.63) is 12.0 Å². The Kier molecular flexibility index (Phi) is 5.53. The zero-order chi connectivity index (χ0) is 14.9. The van der Waals surface area contributed by atoms with Crippen LogP contribution in [0.4, 0.5) is 0 Å². The number of rotatable bonds is 4. The Bertz CT molecular complexity index is 585. The highest BCUT2D eigenvalue weighted by Gasteiger charge is 2.30. The number of hydrogen-bond acceptors (Lipinski definition) is 4. The molecule has 22 heavy (non-hydrogen) atoms. The van der Waals surface area contributed by atoms with Crippen LogP contribution < -0.4 is 10.0 Å². The number of fused-ring (bicyclic) bond motifs is 1. The minimum absolute atomic E-state index is 0. The van der Waals surface area contributed by atoms with Crippen LogP contribution >= 0.6 is 12.4 Å². The summed E-state index contributed by atoms with van der Waals surface area (Å²) in [5.41, 5.74) is 0.0394. The minimum Gasteiger partial charge on any atom is -0.333 e. The predicted octanol–water partition coefficient (Wildman–Crippen LogP) is 1.31. The molecule has 0 amide bonds. The number of imidazole rings is 1. The molecule has 0 spiro atoms. The minimum atomic E-state index is -3.49.